The topological polar surface area (TPSA) is 71.8 Å². The molecule has 2 aromatic rings. The first kappa shape index (κ1) is 7.72. The second-order valence-electron chi connectivity index (χ2n) is 2.62. The zero-order valence-electron chi connectivity index (χ0n) is 6.54. The first-order chi connectivity index (χ1) is 6.18. The molecule has 3 N–H and O–H groups in total. The third kappa shape index (κ3) is 1.14. The molecular weight excluding hydrogens is 173 g/mol. The highest BCUT2D eigenvalue weighted by molar-refractivity contribution is 5.96. The normalized spacial score (nSPS) is 10.5. The number of hydrogen-bond donors (Lipinski definition) is 2. The highest BCUT2D eigenvalue weighted by Crippen LogP contribution is 2.15. The number of H-pyrrole nitrogens is 1. The lowest BCUT2D eigenvalue weighted by molar-refractivity contribution is 0.1000. The number of halogens is 1. The molecule has 13 heavy (non-hydrogen) atoms. The summed E-state index contributed by atoms with van der Waals surface area (Å²) in [6, 6.07) is 2.54. The molecule has 0 spiro atoms. The minimum atomic E-state index is -0.657. The van der Waals surface area contributed by atoms with Crippen molar-refractivity contribution in [2.45, 2.75) is 0 Å². The van der Waals surface area contributed by atoms with Crippen molar-refractivity contribution in [1.82, 2.24) is 9.97 Å². The lowest BCUT2D eigenvalue weighted by Crippen LogP contribution is -2.11. The SMILES string of the molecule is NC(=O)c1cc(F)c2nc[nH]c2c1. The number of nitrogens with two attached hydrogens (primary N) is 1. The number of aromatic amines is 1. The van der Waals surface area contributed by atoms with Gasteiger partial charge in [0.05, 0.1) is 11.8 Å². The number of amides is 1. The zero-order chi connectivity index (χ0) is 9.42. The van der Waals surface area contributed by atoms with Gasteiger partial charge in [-0.25, -0.2) is 9.37 Å². The van der Waals surface area contributed by atoms with Crippen LogP contribution in [0.4, 0.5) is 4.39 Å². The van der Waals surface area contributed by atoms with Crippen molar-refractivity contribution in [1.29, 1.82) is 0 Å². The molecule has 5 heteroatoms. The quantitative estimate of drug-likeness (QED) is 0.679. The number of fused-ring (bicyclic) bond motifs is 1. The summed E-state index contributed by atoms with van der Waals surface area (Å²) < 4.78 is 13.2. The number of imidazole rings is 1. The van der Waals surface area contributed by atoms with Crippen molar-refractivity contribution >= 4 is 16.9 Å². The van der Waals surface area contributed by atoms with Gasteiger partial charge in [-0.3, -0.25) is 4.79 Å². The molecular formula is C8H6FN3O. The average Bonchev–Trinajstić information content (AvgIpc) is 2.51. The summed E-state index contributed by atoms with van der Waals surface area (Å²) in [4.78, 5) is 17.2. The molecule has 4 nitrogen and oxygen atoms in total. The molecule has 0 radical (unpaired) electrons. The summed E-state index contributed by atoms with van der Waals surface area (Å²) in [5.74, 6) is -1.21. The number of aromatic nitrogens is 2. The monoisotopic (exact) mass is 179 g/mol. The Balaban J connectivity index is 2.77. The van der Waals surface area contributed by atoms with Gasteiger partial charge in [-0.05, 0) is 12.1 Å². The van der Waals surface area contributed by atoms with Gasteiger partial charge in [-0.15, -0.1) is 0 Å². The third-order valence-corrected chi connectivity index (χ3v) is 1.76. The molecule has 0 saturated heterocycles. The van der Waals surface area contributed by atoms with E-state index in [1.165, 1.54) is 12.4 Å². The second kappa shape index (κ2) is 2.55. The Bertz CT molecular complexity index is 477. The zero-order valence-corrected chi connectivity index (χ0v) is 6.54. The van der Waals surface area contributed by atoms with Crippen molar-refractivity contribution in [3.63, 3.8) is 0 Å². The summed E-state index contributed by atoms with van der Waals surface area (Å²) in [7, 11) is 0. The summed E-state index contributed by atoms with van der Waals surface area (Å²) in [6.45, 7) is 0. The molecule has 2 rings (SSSR count). The number of benzene rings is 1. The Labute approximate surface area is 72.6 Å². The maximum absolute atomic E-state index is 13.2. The van der Waals surface area contributed by atoms with Crippen LogP contribution in [0.25, 0.3) is 11.0 Å². The highest BCUT2D eigenvalue weighted by Gasteiger charge is 2.08. The molecule has 0 bridgehead atoms. The Kier molecular flexibility index (Phi) is 1.51. The van der Waals surface area contributed by atoms with Crippen LogP contribution in [0, 0.1) is 5.82 Å². The Morgan fingerprint density at radius 3 is 3.00 bits per heavy atom. The summed E-state index contributed by atoms with van der Waals surface area (Å²) in [5, 5.41) is 0. The van der Waals surface area contributed by atoms with Crippen LogP contribution in [0.2, 0.25) is 0 Å². The molecule has 0 fully saturated rings. The van der Waals surface area contributed by atoms with E-state index in [2.05, 4.69) is 9.97 Å². The van der Waals surface area contributed by atoms with Crippen molar-refractivity contribution < 1.29 is 9.18 Å². The van der Waals surface area contributed by atoms with E-state index in [4.69, 9.17) is 5.73 Å². The van der Waals surface area contributed by atoms with Crippen molar-refractivity contribution in [2.24, 2.45) is 5.73 Å². The molecule has 0 aliphatic rings. The smallest absolute Gasteiger partial charge is 0.248 e. The van der Waals surface area contributed by atoms with Crippen LogP contribution in [-0.2, 0) is 0 Å². The number of carbonyl (C=O) groups is 1. The number of hydrogen-bond acceptors (Lipinski definition) is 2. The third-order valence-electron chi connectivity index (χ3n) is 1.76. The van der Waals surface area contributed by atoms with Crippen LogP contribution < -0.4 is 5.73 Å². The molecule has 0 unspecified atom stereocenters. The maximum atomic E-state index is 13.2. The molecule has 0 aliphatic carbocycles. The van der Waals surface area contributed by atoms with E-state index in [0.717, 1.165) is 6.07 Å². The first-order valence-electron chi connectivity index (χ1n) is 3.61. The number of nitrogens with zero attached hydrogens (tertiary/aromatic N) is 1. The maximum Gasteiger partial charge on any atom is 0.248 e. The number of nitrogens with one attached hydrogen (secondary N) is 1. The van der Waals surface area contributed by atoms with Gasteiger partial charge in [0.25, 0.3) is 0 Å². The molecule has 0 atom stereocenters. The van der Waals surface area contributed by atoms with Gasteiger partial charge in [-0.2, -0.15) is 0 Å². The molecule has 1 amide bonds. The first-order valence-corrected chi connectivity index (χ1v) is 3.61. The number of rotatable bonds is 1. The minimum absolute atomic E-state index is 0.134. The summed E-state index contributed by atoms with van der Waals surface area (Å²) in [5.41, 5.74) is 5.82. The number of carbonyl (C=O) groups excluding carboxylic acids is 1. The minimum Gasteiger partial charge on any atom is -0.366 e. The van der Waals surface area contributed by atoms with Gasteiger partial charge in [0, 0.05) is 5.56 Å². The van der Waals surface area contributed by atoms with E-state index in [1.54, 1.807) is 0 Å². The van der Waals surface area contributed by atoms with E-state index in [1.807, 2.05) is 0 Å². The Morgan fingerprint density at radius 2 is 2.31 bits per heavy atom. The Hall–Kier alpha value is -1.91. The largest absolute Gasteiger partial charge is 0.366 e. The van der Waals surface area contributed by atoms with Crippen LogP contribution in [0.1, 0.15) is 10.4 Å². The predicted octanol–water partition coefficient (Wildman–Crippen LogP) is 0.801. The lowest BCUT2D eigenvalue weighted by Gasteiger charge is -1.96. The van der Waals surface area contributed by atoms with E-state index in [0.29, 0.717) is 5.52 Å². The van der Waals surface area contributed by atoms with Gasteiger partial charge in [0.1, 0.15) is 5.52 Å². The predicted molar refractivity (Wildman–Crippen MR) is 44.6 cm³/mol. The van der Waals surface area contributed by atoms with Crippen molar-refractivity contribution in [3.8, 4) is 0 Å². The molecule has 0 aliphatic heterocycles. The number of primary amides is 1. The highest BCUT2D eigenvalue weighted by atomic mass is 19.1. The van der Waals surface area contributed by atoms with Crippen LogP contribution >= 0.6 is 0 Å². The van der Waals surface area contributed by atoms with Crippen molar-refractivity contribution in [2.75, 3.05) is 0 Å². The van der Waals surface area contributed by atoms with Gasteiger partial charge in [0.2, 0.25) is 5.91 Å². The van der Waals surface area contributed by atoms with Crippen LogP contribution in [0.15, 0.2) is 18.5 Å². The lowest BCUT2D eigenvalue weighted by atomic mass is 10.2. The van der Waals surface area contributed by atoms with Crippen LogP contribution in [-0.4, -0.2) is 15.9 Å². The Morgan fingerprint density at radius 1 is 1.54 bits per heavy atom. The molecule has 0 saturated carbocycles. The van der Waals surface area contributed by atoms with Crippen LogP contribution in [0.5, 0.6) is 0 Å². The van der Waals surface area contributed by atoms with E-state index in [9.17, 15) is 9.18 Å². The van der Waals surface area contributed by atoms with E-state index in [-0.39, 0.29) is 11.1 Å². The summed E-state index contributed by atoms with van der Waals surface area (Å²) in [6.07, 6.45) is 1.36. The molecule has 66 valence electrons. The van der Waals surface area contributed by atoms with Gasteiger partial charge >= 0.3 is 0 Å². The van der Waals surface area contributed by atoms with Gasteiger partial charge in [0.15, 0.2) is 5.82 Å². The van der Waals surface area contributed by atoms with Gasteiger partial charge in [-0.1, -0.05) is 0 Å². The fourth-order valence-corrected chi connectivity index (χ4v) is 1.15. The molecule has 1 aromatic heterocycles. The van der Waals surface area contributed by atoms with Gasteiger partial charge < -0.3 is 10.7 Å². The second-order valence-corrected chi connectivity index (χ2v) is 2.62. The molecule has 1 heterocycles. The summed E-state index contributed by atoms with van der Waals surface area (Å²) >= 11 is 0. The van der Waals surface area contributed by atoms with E-state index >= 15 is 0 Å². The average molecular weight is 179 g/mol. The van der Waals surface area contributed by atoms with Crippen LogP contribution in [0.3, 0.4) is 0 Å². The van der Waals surface area contributed by atoms with E-state index < -0.39 is 11.7 Å². The fraction of sp³-hybridized carbons (Fsp3) is 0. The van der Waals surface area contributed by atoms with Crippen molar-refractivity contribution in [3.05, 3.63) is 29.8 Å². The standard InChI is InChI=1S/C8H6FN3O/c9-5-1-4(8(10)13)2-6-7(5)12-3-11-6/h1-3H,(H2,10,13)(H,11,12). The molecule has 1 aromatic carbocycles. The fourth-order valence-electron chi connectivity index (χ4n) is 1.15.